The largest absolute Gasteiger partial charge is 0.478 e. The third kappa shape index (κ3) is 2.38. The first kappa shape index (κ1) is 11.9. The van der Waals surface area contributed by atoms with E-state index in [1.54, 1.807) is 6.07 Å². The number of ether oxygens (including phenoxy) is 1. The molecule has 5 nitrogen and oxygen atoms in total. The van der Waals surface area contributed by atoms with Gasteiger partial charge in [-0.25, -0.2) is 14.8 Å². The minimum Gasteiger partial charge on any atom is -0.478 e. The van der Waals surface area contributed by atoms with Crippen LogP contribution in [-0.2, 0) is 0 Å². The standard InChI is InChI=1S/C13H10N2O3/c1-2-3-6-18-12-10-5-4-9(13(16)17)7-11(10)14-8-15-12/h1,4-5,7-8H,3,6H2,(H,16,17). The molecule has 1 heterocycles. The topological polar surface area (TPSA) is 72.3 Å². The molecular weight excluding hydrogens is 232 g/mol. The lowest BCUT2D eigenvalue weighted by molar-refractivity contribution is 0.0697. The number of carbonyl (C=O) groups is 1. The van der Waals surface area contributed by atoms with Crippen LogP contribution < -0.4 is 4.74 Å². The highest BCUT2D eigenvalue weighted by Gasteiger charge is 2.08. The highest BCUT2D eigenvalue weighted by Crippen LogP contribution is 2.22. The monoisotopic (exact) mass is 242 g/mol. The Morgan fingerprint density at radius 3 is 3.00 bits per heavy atom. The zero-order chi connectivity index (χ0) is 13.0. The summed E-state index contributed by atoms with van der Waals surface area (Å²) in [6, 6.07) is 4.60. The summed E-state index contributed by atoms with van der Waals surface area (Å²) in [4.78, 5) is 18.9. The van der Waals surface area contributed by atoms with Gasteiger partial charge in [0.1, 0.15) is 12.9 Å². The second kappa shape index (κ2) is 5.15. The molecule has 0 unspecified atom stereocenters. The van der Waals surface area contributed by atoms with E-state index >= 15 is 0 Å². The van der Waals surface area contributed by atoms with Crippen molar-refractivity contribution in [3.05, 3.63) is 30.1 Å². The Morgan fingerprint density at radius 2 is 2.28 bits per heavy atom. The minimum absolute atomic E-state index is 0.177. The van der Waals surface area contributed by atoms with Gasteiger partial charge in [0.05, 0.1) is 16.5 Å². The van der Waals surface area contributed by atoms with Crippen molar-refractivity contribution in [1.29, 1.82) is 0 Å². The third-order valence-electron chi connectivity index (χ3n) is 2.33. The molecule has 2 rings (SSSR count). The molecule has 0 amide bonds. The Morgan fingerprint density at radius 1 is 1.44 bits per heavy atom. The average molecular weight is 242 g/mol. The van der Waals surface area contributed by atoms with Gasteiger partial charge in [-0.3, -0.25) is 0 Å². The first-order valence-corrected chi connectivity index (χ1v) is 5.26. The number of nitrogens with zero attached hydrogens (tertiary/aromatic N) is 2. The van der Waals surface area contributed by atoms with E-state index in [0.717, 1.165) is 0 Å². The SMILES string of the molecule is C#CCCOc1ncnc2cc(C(=O)O)ccc12. The lowest BCUT2D eigenvalue weighted by atomic mass is 10.1. The van der Waals surface area contributed by atoms with Crippen LogP contribution in [0.15, 0.2) is 24.5 Å². The van der Waals surface area contributed by atoms with E-state index in [0.29, 0.717) is 29.8 Å². The van der Waals surface area contributed by atoms with Gasteiger partial charge in [-0.1, -0.05) is 0 Å². The Bertz CT molecular complexity index is 632. The summed E-state index contributed by atoms with van der Waals surface area (Å²) < 4.78 is 5.42. The molecule has 1 aromatic carbocycles. The summed E-state index contributed by atoms with van der Waals surface area (Å²) in [6.45, 7) is 0.364. The predicted octanol–water partition coefficient (Wildman–Crippen LogP) is 1.73. The maximum atomic E-state index is 10.8. The van der Waals surface area contributed by atoms with E-state index in [1.807, 2.05) is 0 Å². The van der Waals surface area contributed by atoms with Crippen molar-refractivity contribution in [2.24, 2.45) is 0 Å². The quantitative estimate of drug-likeness (QED) is 0.653. The maximum Gasteiger partial charge on any atom is 0.335 e. The fraction of sp³-hybridized carbons (Fsp3) is 0.154. The predicted molar refractivity (Wildman–Crippen MR) is 65.4 cm³/mol. The van der Waals surface area contributed by atoms with E-state index in [-0.39, 0.29) is 5.56 Å². The van der Waals surface area contributed by atoms with Crippen LogP contribution in [0.2, 0.25) is 0 Å². The molecule has 90 valence electrons. The lowest BCUT2D eigenvalue weighted by Crippen LogP contribution is -2.01. The Labute approximate surface area is 103 Å². The summed E-state index contributed by atoms with van der Waals surface area (Å²) in [5.74, 6) is 1.88. The molecule has 0 fully saturated rings. The van der Waals surface area contributed by atoms with E-state index in [2.05, 4.69) is 15.9 Å². The number of aromatic carboxylic acids is 1. The molecule has 0 radical (unpaired) electrons. The van der Waals surface area contributed by atoms with Crippen LogP contribution in [0, 0.1) is 12.3 Å². The number of benzene rings is 1. The van der Waals surface area contributed by atoms with E-state index in [9.17, 15) is 4.79 Å². The Kier molecular flexibility index (Phi) is 3.39. The molecule has 0 saturated heterocycles. The molecule has 0 aliphatic rings. The van der Waals surface area contributed by atoms with Crippen molar-refractivity contribution in [1.82, 2.24) is 9.97 Å². The molecule has 1 aromatic heterocycles. The van der Waals surface area contributed by atoms with Gasteiger partial charge in [-0.05, 0) is 18.2 Å². The fourth-order valence-electron chi connectivity index (χ4n) is 1.49. The molecule has 2 aromatic rings. The minimum atomic E-state index is -0.995. The first-order chi connectivity index (χ1) is 8.72. The van der Waals surface area contributed by atoms with Crippen molar-refractivity contribution in [2.75, 3.05) is 6.61 Å². The summed E-state index contributed by atoms with van der Waals surface area (Å²) in [6.07, 6.45) is 6.95. The van der Waals surface area contributed by atoms with Crippen molar-refractivity contribution in [3.8, 4) is 18.2 Å². The van der Waals surface area contributed by atoms with Crippen LogP contribution in [0.25, 0.3) is 10.9 Å². The third-order valence-corrected chi connectivity index (χ3v) is 2.33. The van der Waals surface area contributed by atoms with Crippen LogP contribution in [0.3, 0.4) is 0 Å². The second-order valence-electron chi connectivity index (χ2n) is 3.52. The molecule has 0 aliphatic heterocycles. The van der Waals surface area contributed by atoms with Gasteiger partial charge in [0, 0.05) is 6.42 Å². The molecule has 5 heteroatoms. The molecule has 0 aliphatic carbocycles. The second-order valence-corrected chi connectivity index (χ2v) is 3.52. The van der Waals surface area contributed by atoms with Gasteiger partial charge in [-0.2, -0.15) is 0 Å². The van der Waals surface area contributed by atoms with E-state index in [1.165, 1.54) is 18.5 Å². The average Bonchev–Trinajstić information content (AvgIpc) is 2.38. The van der Waals surface area contributed by atoms with Gasteiger partial charge in [0.15, 0.2) is 0 Å². The van der Waals surface area contributed by atoms with Crippen molar-refractivity contribution >= 4 is 16.9 Å². The zero-order valence-electron chi connectivity index (χ0n) is 9.46. The van der Waals surface area contributed by atoms with Gasteiger partial charge in [0.25, 0.3) is 0 Å². The summed E-state index contributed by atoms with van der Waals surface area (Å²) in [5, 5.41) is 9.56. The van der Waals surface area contributed by atoms with Crippen molar-refractivity contribution in [3.63, 3.8) is 0 Å². The maximum absolute atomic E-state index is 10.8. The normalized spacial score (nSPS) is 9.94. The zero-order valence-corrected chi connectivity index (χ0v) is 9.46. The molecule has 0 spiro atoms. The molecule has 18 heavy (non-hydrogen) atoms. The smallest absolute Gasteiger partial charge is 0.335 e. The number of fused-ring (bicyclic) bond motifs is 1. The Balaban J connectivity index is 2.38. The summed E-state index contributed by atoms with van der Waals surface area (Å²) in [7, 11) is 0. The van der Waals surface area contributed by atoms with Gasteiger partial charge < -0.3 is 9.84 Å². The number of aromatic nitrogens is 2. The number of carboxylic acid groups (broad SMARTS) is 1. The van der Waals surface area contributed by atoms with Crippen LogP contribution in [0.4, 0.5) is 0 Å². The van der Waals surface area contributed by atoms with Crippen LogP contribution in [0.5, 0.6) is 5.88 Å². The van der Waals surface area contributed by atoms with Crippen LogP contribution >= 0.6 is 0 Å². The van der Waals surface area contributed by atoms with Crippen molar-refractivity contribution < 1.29 is 14.6 Å². The summed E-state index contributed by atoms with van der Waals surface area (Å²) in [5.41, 5.74) is 0.705. The summed E-state index contributed by atoms with van der Waals surface area (Å²) >= 11 is 0. The molecule has 0 bridgehead atoms. The lowest BCUT2D eigenvalue weighted by Gasteiger charge is -2.06. The van der Waals surface area contributed by atoms with E-state index < -0.39 is 5.97 Å². The van der Waals surface area contributed by atoms with Crippen molar-refractivity contribution in [2.45, 2.75) is 6.42 Å². The highest BCUT2D eigenvalue weighted by atomic mass is 16.5. The number of terminal acetylenes is 1. The first-order valence-electron chi connectivity index (χ1n) is 5.26. The number of hydrogen-bond acceptors (Lipinski definition) is 4. The number of rotatable bonds is 4. The van der Waals surface area contributed by atoms with Crippen LogP contribution in [0.1, 0.15) is 16.8 Å². The van der Waals surface area contributed by atoms with Gasteiger partial charge in [-0.15, -0.1) is 12.3 Å². The fourth-order valence-corrected chi connectivity index (χ4v) is 1.49. The van der Waals surface area contributed by atoms with Gasteiger partial charge in [0.2, 0.25) is 5.88 Å². The number of hydrogen-bond donors (Lipinski definition) is 1. The molecule has 1 N–H and O–H groups in total. The Hall–Kier alpha value is -2.61. The number of carboxylic acids is 1. The van der Waals surface area contributed by atoms with E-state index in [4.69, 9.17) is 16.3 Å². The molecule has 0 atom stereocenters. The molecular formula is C13H10N2O3. The highest BCUT2D eigenvalue weighted by molar-refractivity contribution is 5.94. The van der Waals surface area contributed by atoms with Gasteiger partial charge >= 0.3 is 5.97 Å². The van der Waals surface area contributed by atoms with Crippen LogP contribution in [-0.4, -0.2) is 27.7 Å². The molecule has 0 saturated carbocycles.